The molecule has 1 atom stereocenters. The third kappa shape index (κ3) is 5.43. The molecule has 0 saturated carbocycles. The smallest absolute Gasteiger partial charge is 0.234 e. The highest BCUT2D eigenvalue weighted by Crippen LogP contribution is 2.52. The van der Waals surface area contributed by atoms with Crippen molar-refractivity contribution >= 4 is 23.3 Å². The first-order valence-electron chi connectivity index (χ1n) is 7.53. The Morgan fingerprint density at radius 3 is 1.88 bits per heavy atom. The van der Waals surface area contributed by atoms with Crippen LogP contribution in [0.4, 0.5) is 26.3 Å². The zero-order valence-electron chi connectivity index (χ0n) is 14.4. The SMILES string of the molecule is CC(C)(C)S(=O)N=CC(C/C=C/c1ccccc1)(C(F)(F)F)C(F)(F)F. The van der Waals surface area contributed by atoms with Crippen LogP contribution >= 0.6 is 0 Å². The molecule has 1 aromatic rings. The van der Waals surface area contributed by atoms with Crippen molar-refractivity contribution in [3.63, 3.8) is 0 Å². The van der Waals surface area contributed by atoms with Gasteiger partial charge < -0.3 is 0 Å². The summed E-state index contributed by atoms with van der Waals surface area (Å²) in [7, 11) is -2.25. The Morgan fingerprint density at radius 1 is 0.962 bits per heavy atom. The Labute approximate surface area is 150 Å². The monoisotopic (exact) mass is 399 g/mol. The molecule has 0 spiro atoms. The third-order valence-corrected chi connectivity index (χ3v) is 4.80. The number of alkyl halides is 6. The van der Waals surface area contributed by atoms with E-state index in [0.29, 0.717) is 5.56 Å². The van der Waals surface area contributed by atoms with Gasteiger partial charge in [-0.1, -0.05) is 42.5 Å². The Kier molecular flexibility index (Phi) is 6.84. The van der Waals surface area contributed by atoms with Crippen LogP contribution in [0.5, 0.6) is 0 Å². The van der Waals surface area contributed by atoms with Crippen LogP contribution in [0.15, 0.2) is 40.8 Å². The molecule has 26 heavy (non-hydrogen) atoms. The van der Waals surface area contributed by atoms with Gasteiger partial charge >= 0.3 is 12.4 Å². The molecule has 146 valence electrons. The fourth-order valence-corrected chi connectivity index (χ4v) is 2.42. The first-order chi connectivity index (χ1) is 11.7. The summed E-state index contributed by atoms with van der Waals surface area (Å²) in [5.74, 6) is 0. The normalized spacial score (nSPS) is 15.7. The van der Waals surface area contributed by atoms with Gasteiger partial charge in [-0.25, -0.2) is 4.21 Å². The number of nitrogens with zero attached hydrogens (tertiary/aromatic N) is 1. The maximum atomic E-state index is 13.4. The molecular formula is C17H19F6NOS. The van der Waals surface area contributed by atoms with Crippen molar-refractivity contribution in [3.8, 4) is 0 Å². The van der Waals surface area contributed by atoms with Gasteiger partial charge in [0, 0.05) is 6.21 Å². The molecule has 0 aliphatic rings. The summed E-state index contributed by atoms with van der Waals surface area (Å²) in [5, 5.41) is 0. The van der Waals surface area contributed by atoms with E-state index in [-0.39, 0.29) is 6.21 Å². The third-order valence-electron chi connectivity index (χ3n) is 3.45. The summed E-state index contributed by atoms with van der Waals surface area (Å²) >= 11 is 0. The van der Waals surface area contributed by atoms with Crippen LogP contribution in [0.25, 0.3) is 6.08 Å². The zero-order valence-corrected chi connectivity index (χ0v) is 15.2. The van der Waals surface area contributed by atoms with Gasteiger partial charge in [-0.05, 0) is 32.8 Å². The minimum absolute atomic E-state index is 0.260. The summed E-state index contributed by atoms with van der Waals surface area (Å²) in [6, 6.07) is 7.97. The van der Waals surface area contributed by atoms with E-state index in [9.17, 15) is 30.6 Å². The van der Waals surface area contributed by atoms with Crippen LogP contribution in [-0.2, 0) is 11.0 Å². The van der Waals surface area contributed by atoms with Gasteiger partial charge in [0.25, 0.3) is 0 Å². The standard InChI is InChI=1S/C17H19F6NOS/c1-14(2,3)26(25)24-12-15(16(18,19)20,17(21,22)23)11-7-10-13-8-5-4-6-9-13/h4-10,12H,11H2,1-3H3/b10-7+,24-12?. The van der Waals surface area contributed by atoms with Crippen LogP contribution in [0, 0.1) is 5.41 Å². The van der Waals surface area contributed by atoms with E-state index in [2.05, 4.69) is 4.40 Å². The van der Waals surface area contributed by atoms with Gasteiger partial charge in [0.05, 0.1) is 4.75 Å². The second-order valence-electron chi connectivity index (χ2n) is 6.58. The highest BCUT2D eigenvalue weighted by atomic mass is 32.2. The van der Waals surface area contributed by atoms with Crippen molar-refractivity contribution in [1.29, 1.82) is 0 Å². The highest BCUT2D eigenvalue weighted by Gasteiger charge is 2.69. The van der Waals surface area contributed by atoms with E-state index in [1.165, 1.54) is 26.8 Å². The molecule has 2 nitrogen and oxygen atoms in total. The summed E-state index contributed by atoms with van der Waals surface area (Å²) in [4.78, 5) is 0. The second-order valence-corrected chi connectivity index (χ2v) is 8.51. The molecular weight excluding hydrogens is 380 g/mol. The van der Waals surface area contributed by atoms with Gasteiger partial charge in [0.1, 0.15) is 11.0 Å². The molecule has 0 saturated heterocycles. The number of benzene rings is 1. The molecule has 0 N–H and O–H groups in total. The average Bonchev–Trinajstić information content (AvgIpc) is 2.47. The Bertz CT molecular complexity index is 657. The van der Waals surface area contributed by atoms with E-state index in [0.717, 1.165) is 6.08 Å². The number of halogens is 6. The molecule has 0 amide bonds. The predicted octanol–water partition coefficient (Wildman–Crippen LogP) is 5.73. The lowest BCUT2D eigenvalue weighted by Crippen LogP contribution is -2.51. The van der Waals surface area contributed by atoms with Crippen molar-refractivity contribution in [3.05, 3.63) is 42.0 Å². The molecule has 1 unspecified atom stereocenters. The van der Waals surface area contributed by atoms with E-state index >= 15 is 0 Å². The van der Waals surface area contributed by atoms with Crippen LogP contribution in [0.1, 0.15) is 32.8 Å². The van der Waals surface area contributed by atoms with Crippen LogP contribution in [-0.4, -0.2) is 27.5 Å². The molecule has 0 aromatic heterocycles. The van der Waals surface area contributed by atoms with E-state index in [4.69, 9.17) is 0 Å². The van der Waals surface area contributed by atoms with Gasteiger partial charge in [0.2, 0.25) is 0 Å². The van der Waals surface area contributed by atoms with Crippen molar-refractivity contribution in [2.75, 3.05) is 0 Å². The topological polar surface area (TPSA) is 29.4 Å². The predicted molar refractivity (Wildman–Crippen MR) is 91.0 cm³/mol. The largest absolute Gasteiger partial charge is 0.408 e. The molecule has 9 heteroatoms. The van der Waals surface area contributed by atoms with Gasteiger partial charge in [-0.15, -0.1) is 0 Å². The quantitative estimate of drug-likeness (QED) is 0.459. The van der Waals surface area contributed by atoms with Crippen molar-refractivity contribution in [2.24, 2.45) is 9.81 Å². The minimum atomic E-state index is -5.65. The molecule has 1 rings (SSSR count). The summed E-state index contributed by atoms with van der Waals surface area (Å²) < 4.78 is 94.2. The zero-order chi connectivity index (χ0) is 20.2. The Balaban J connectivity index is 3.30. The lowest BCUT2D eigenvalue weighted by atomic mass is 9.83. The van der Waals surface area contributed by atoms with Crippen molar-refractivity contribution in [2.45, 2.75) is 44.3 Å². The van der Waals surface area contributed by atoms with Crippen LogP contribution in [0.3, 0.4) is 0 Å². The molecule has 0 aliphatic heterocycles. The molecule has 0 radical (unpaired) electrons. The summed E-state index contributed by atoms with van der Waals surface area (Å²) in [6.45, 7) is 4.20. The molecule has 0 fully saturated rings. The highest BCUT2D eigenvalue weighted by molar-refractivity contribution is 7.85. The first-order valence-corrected chi connectivity index (χ1v) is 8.64. The maximum Gasteiger partial charge on any atom is 0.408 e. The fraction of sp³-hybridized carbons (Fsp3) is 0.471. The number of hydrogen-bond acceptors (Lipinski definition) is 1. The summed E-state index contributed by atoms with van der Waals surface area (Å²) in [5.41, 5.74) is -3.76. The Morgan fingerprint density at radius 2 is 1.46 bits per heavy atom. The van der Waals surface area contributed by atoms with E-state index < -0.39 is 39.9 Å². The second kappa shape index (κ2) is 7.94. The van der Waals surface area contributed by atoms with Crippen LogP contribution < -0.4 is 0 Å². The molecule has 1 aromatic carbocycles. The van der Waals surface area contributed by atoms with E-state index in [1.54, 1.807) is 30.3 Å². The number of hydrogen-bond donors (Lipinski definition) is 0. The van der Waals surface area contributed by atoms with Gasteiger partial charge in [-0.3, -0.25) is 0 Å². The minimum Gasteiger partial charge on any atom is -0.234 e. The first kappa shape index (κ1) is 22.4. The lowest BCUT2D eigenvalue weighted by Gasteiger charge is -2.33. The number of rotatable bonds is 5. The fourth-order valence-electron chi connectivity index (χ4n) is 1.83. The maximum absolute atomic E-state index is 13.4. The number of allylic oxidation sites excluding steroid dienone is 1. The van der Waals surface area contributed by atoms with Gasteiger partial charge in [0.15, 0.2) is 5.41 Å². The van der Waals surface area contributed by atoms with Crippen molar-refractivity contribution in [1.82, 2.24) is 0 Å². The van der Waals surface area contributed by atoms with Crippen molar-refractivity contribution < 1.29 is 30.6 Å². The summed E-state index contributed by atoms with van der Waals surface area (Å²) in [6.07, 6.45) is -11.0. The molecule has 0 heterocycles. The molecule has 0 bridgehead atoms. The lowest BCUT2D eigenvalue weighted by molar-refractivity contribution is -0.309. The van der Waals surface area contributed by atoms with Gasteiger partial charge in [-0.2, -0.15) is 30.7 Å². The Hall–Kier alpha value is -1.64. The van der Waals surface area contributed by atoms with E-state index in [1.807, 2.05) is 0 Å². The molecule has 0 aliphatic carbocycles. The van der Waals surface area contributed by atoms with Crippen LogP contribution in [0.2, 0.25) is 0 Å². The average molecular weight is 399 g/mol.